The summed E-state index contributed by atoms with van der Waals surface area (Å²) in [5.41, 5.74) is 0.671. The summed E-state index contributed by atoms with van der Waals surface area (Å²) in [7, 11) is 2.06. The molecule has 0 aromatic carbocycles. The molecule has 2 aromatic rings. The van der Waals surface area contributed by atoms with Crippen molar-refractivity contribution in [1.29, 1.82) is 0 Å². The second-order valence-electron chi connectivity index (χ2n) is 7.69. The van der Waals surface area contributed by atoms with Gasteiger partial charge in [0.05, 0.1) is 18.3 Å². The van der Waals surface area contributed by atoms with E-state index < -0.39 is 0 Å². The first-order chi connectivity index (χ1) is 13.2. The van der Waals surface area contributed by atoms with Crippen LogP contribution in [0.2, 0.25) is 0 Å². The lowest BCUT2D eigenvalue weighted by Gasteiger charge is -2.32. The van der Waals surface area contributed by atoms with Crippen molar-refractivity contribution in [1.82, 2.24) is 34.3 Å². The Morgan fingerprint density at radius 2 is 2.00 bits per heavy atom. The molecule has 0 bridgehead atoms. The van der Waals surface area contributed by atoms with Crippen LogP contribution in [0.5, 0.6) is 0 Å². The lowest BCUT2D eigenvalue weighted by atomic mass is 9.96. The second-order valence-corrected chi connectivity index (χ2v) is 7.69. The molecule has 2 aliphatic heterocycles. The molecule has 146 valence electrons. The third-order valence-corrected chi connectivity index (χ3v) is 5.84. The van der Waals surface area contributed by atoms with Gasteiger partial charge in [0, 0.05) is 38.8 Å². The predicted octanol–water partition coefficient (Wildman–Crippen LogP) is 1.65. The van der Waals surface area contributed by atoms with E-state index in [1.54, 1.807) is 10.9 Å². The van der Waals surface area contributed by atoms with Crippen LogP contribution in [-0.4, -0.2) is 66.4 Å². The van der Waals surface area contributed by atoms with Crippen LogP contribution >= 0.6 is 0 Å². The SMILES string of the molecule is CCn1cc(C(=O)N2CCC[C@H](c3nnc(CN4CCCC4)n3C)C2)cn1. The fourth-order valence-electron chi connectivity index (χ4n) is 4.21. The van der Waals surface area contributed by atoms with E-state index in [2.05, 4.69) is 31.8 Å². The smallest absolute Gasteiger partial charge is 0.257 e. The molecule has 0 saturated carbocycles. The van der Waals surface area contributed by atoms with Gasteiger partial charge < -0.3 is 9.47 Å². The maximum Gasteiger partial charge on any atom is 0.257 e. The van der Waals surface area contributed by atoms with Gasteiger partial charge in [0.15, 0.2) is 0 Å². The Labute approximate surface area is 160 Å². The minimum absolute atomic E-state index is 0.0684. The first-order valence-corrected chi connectivity index (χ1v) is 10.1. The summed E-state index contributed by atoms with van der Waals surface area (Å²) >= 11 is 0. The van der Waals surface area contributed by atoms with E-state index in [0.717, 1.165) is 57.2 Å². The molecule has 1 amide bonds. The average molecular weight is 371 g/mol. The summed E-state index contributed by atoms with van der Waals surface area (Å²) in [6.07, 6.45) is 8.10. The van der Waals surface area contributed by atoms with E-state index in [1.165, 1.54) is 12.8 Å². The lowest BCUT2D eigenvalue weighted by molar-refractivity contribution is 0.0703. The van der Waals surface area contributed by atoms with Crippen LogP contribution < -0.4 is 0 Å². The number of amides is 1. The fraction of sp³-hybridized carbons (Fsp3) is 0.684. The maximum atomic E-state index is 12.8. The lowest BCUT2D eigenvalue weighted by Crippen LogP contribution is -2.39. The van der Waals surface area contributed by atoms with Crippen molar-refractivity contribution in [2.75, 3.05) is 26.2 Å². The van der Waals surface area contributed by atoms with Crippen molar-refractivity contribution in [3.05, 3.63) is 29.6 Å². The number of rotatable bonds is 5. The molecule has 0 aliphatic carbocycles. The van der Waals surface area contributed by atoms with Gasteiger partial charge in [-0.05, 0) is 45.7 Å². The normalized spacial score (nSPS) is 21.1. The van der Waals surface area contributed by atoms with Crippen LogP contribution in [0.15, 0.2) is 12.4 Å². The van der Waals surface area contributed by atoms with Crippen molar-refractivity contribution in [3.8, 4) is 0 Å². The van der Waals surface area contributed by atoms with Gasteiger partial charge in [0.1, 0.15) is 11.6 Å². The summed E-state index contributed by atoms with van der Waals surface area (Å²) in [5, 5.41) is 13.2. The molecule has 8 nitrogen and oxygen atoms in total. The minimum atomic E-state index is 0.0684. The summed E-state index contributed by atoms with van der Waals surface area (Å²) in [6.45, 7) is 7.46. The second kappa shape index (κ2) is 7.80. The Bertz CT molecular complexity index is 790. The molecule has 8 heteroatoms. The molecule has 2 saturated heterocycles. The molecular weight excluding hydrogens is 342 g/mol. The summed E-state index contributed by atoms with van der Waals surface area (Å²) in [4.78, 5) is 17.2. The number of nitrogens with zero attached hydrogens (tertiary/aromatic N) is 7. The number of piperidine rings is 1. The van der Waals surface area contributed by atoms with Gasteiger partial charge >= 0.3 is 0 Å². The predicted molar refractivity (Wildman–Crippen MR) is 101 cm³/mol. The Kier molecular flexibility index (Phi) is 5.24. The van der Waals surface area contributed by atoms with Crippen LogP contribution in [0.4, 0.5) is 0 Å². The van der Waals surface area contributed by atoms with Crippen molar-refractivity contribution in [2.24, 2.45) is 7.05 Å². The zero-order valence-electron chi connectivity index (χ0n) is 16.3. The quantitative estimate of drug-likeness (QED) is 0.799. The number of likely N-dealkylation sites (tertiary alicyclic amines) is 2. The van der Waals surface area contributed by atoms with Crippen LogP contribution in [0.25, 0.3) is 0 Å². The largest absolute Gasteiger partial charge is 0.338 e. The Balaban J connectivity index is 1.45. The molecule has 27 heavy (non-hydrogen) atoms. The topological polar surface area (TPSA) is 72.1 Å². The molecule has 2 fully saturated rings. The van der Waals surface area contributed by atoms with Crippen LogP contribution in [-0.2, 0) is 20.1 Å². The summed E-state index contributed by atoms with van der Waals surface area (Å²) < 4.78 is 3.94. The fourth-order valence-corrected chi connectivity index (χ4v) is 4.21. The summed E-state index contributed by atoms with van der Waals surface area (Å²) in [5.74, 6) is 2.35. The van der Waals surface area contributed by atoms with Crippen molar-refractivity contribution in [3.63, 3.8) is 0 Å². The van der Waals surface area contributed by atoms with Gasteiger partial charge in [-0.15, -0.1) is 10.2 Å². The first kappa shape index (κ1) is 18.2. The van der Waals surface area contributed by atoms with E-state index in [-0.39, 0.29) is 11.8 Å². The number of hydrogen-bond acceptors (Lipinski definition) is 5. The van der Waals surface area contributed by atoms with E-state index in [4.69, 9.17) is 0 Å². The zero-order chi connectivity index (χ0) is 18.8. The van der Waals surface area contributed by atoms with Gasteiger partial charge in [0.25, 0.3) is 5.91 Å². The molecule has 1 atom stereocenters. The van der Waals surface area contributed by atoms with Gasteiger partial charge in [0.2, 0.25) is 0 Å². The minimum Gasteiger partial charge on any atom is -0.338 e. The maximum absolute atomic E-state index is 12.8. The molecule has 0 radical (unpaired) electrons. The third kappa shape index (κ3) is 3.76. The van der Waals surface area contributed by atoms with Gasteiger partial charge in [-0.25, -0.2) is 0 Å². The highest BCUT2D eigenvalue weighted by Crippen LogP contribution is 2.27. The molecule has 0 spiro atoms. The zero-order valence-corrected chi connectivity index (χ0v) is 16.3. The van der Waals surface area contributed by atoms with E-state index >= 15 is 0 Å². The van der Waals surface area contributed by atoms with Gasteiger partial charge in [-0.2, -0.15) is 5.10 Å². The van der Waals surface area contributed by atoms with E-state index in [9.17, 15) is 4.79 Å². The highest BCUT2D eigenvalue weighted by molar-refractivity contribution is 5.93. The number of aryl methyl sites for hydroxylation is 1. The van der Waals surface area contributed by atoms with Crippen molar-refractivity contribution in [2.45, 2.75) is 51.6 Å². The molecule has 0 unspecified atom stereocenters. The third-order valence-electron chi connectivity index (χ3n) is 5.84. The number of carbonyl (C=O) groups is 1. The Hall–Kier alpha value is -2.22. The Morgan fingerprint density at radius 3 is 2.74 bits per heavy atom. The molecule has 2 aliphatic rings. The Morgan fingerprint density at radius 1 is 1.19 bits per heavy atom. The molecule has 4 heterocycles. The highest BCUT2D eigenvalue weighted by atomic mass is 16.2. The molecule has 0 N–H and O–H groups in total. The van der Waals surface area contributed by atoms with Gasteiger partial charge in [-0.1, -0.05) is 0 Å². The first-order valence-electron chi connectivity index (χ1n) is 10.1. The molecular formula is C19H29N7O. The molecule has 4 rings (SSSR count). The average Bonchev–Trinajstić information content (AvgIpc) is 3.44. The van der Waals surface area contributed by atoms with Crippen molar-refractivity contribution >= 4 is 5.91 Å². The number of carbonyl (C=O) groups excluding carboxylic acids is 1. The summed E-state index contributed by atoms with van der Waals surface area (Å²) in [6, 6.07) is 0. The number of aromatic nitrogens is 5. The van der Waals surface area contributed by atoms with E-state index in [1.807, 2.05) is 18.0 Å². The molecule has 2 aromatic heterocycles. The number of hydrogen-bond donors (Lipinski definition) is 0. The monoisotopic (exact) mass is 371 g/mol. The van der Waals surface area contributed by atoms with E-state index in [0.29, 0.717) is 12.1 Å². The van der Waals surface area contributed by atoms with Gasteiger partial charge in [-0.3, -0.25) is 14.4 Å². The standard InChI is InChI=1S/C19H29N7O/c1-3-26-13-16(11-20-26)19(27)25-10-6-7-15(12-25)18-22-21-17(23(18)2)14-24-8-4-5-9-24/h11,13,15H,3-10,12,14H2,1-2H3/t15-/m0/s1. The van der Waals surface area contributed by atoms with Crippen LogP contribution in [0.3, 0.4) is 0 Å². The van der Waals surface area contributed by atoms with Crippen LogP contribution in [0.1, 0.15) is 60.5 Å². The van der Waals surface area contributed by atoms with Crippen LogP contribution in [0, 0.1) is 0 Å². The highest BCUT2D eigenvalue weighted by Gasteiger charge is 2.29. The van der Waals surface area contributed by atoms with Crippen molar-refractivity contribution < 1.29 is 4.79 Å².